The van der Waals surface area contributed by atoms with Crippen molar-refractivity contribution in [1.82, 2.24) is 15.2 Å². The predicted octanol–water partition coefficient (Wildman–Crippen LogP) is 2.93. The third-order valence-electron chi connectivity index (χ3n) is 3.82. The molecule has 0 saturated heterocycles. The van der Waals surface area contributed by atoms with Crippen molar-refractivity contribution in [2.45, 2.75) is 39.7 Å². The lowest BCUT2D eigenvalue weighted by Gasteiger charge is -2.20. The van der Waals surface area contributed by atoms with Gasteiger partial charge in [0.15, 0.2) is 11.7 Å². The van der Waals surface area contributed by atoms with E-state index in [0.29, 0.717) is 6.54 Å². The van der Waals surface area contributed by atoms with Crippen LogP contribution in [0.2, 0.25) is 0 Å². The molecule has 1 aromatic carbocycles. The Bertz CT molecular complexity index is 805. The van der Waals surface area contributed by atoms with Crippen LogP contribution >= 0.6 is 0 Å². The van der Waals surface area contributed by atoms with E-state index in [1.54, 1.807) is 6.92 Å². The van der Waals surface area contributed by atoms with E-state index < -0.39 is 11.6 Å². The second-order valence-electron chi connectivity index (χ2n) is 6.37. The summed E-state index contributed by atoms with van der Waals surface area (Å²) in [5.74, 6) is -1.41. The molecule has 1 heterocycles. The Balaban J connectivity index is 1.95. The van der Waals surface area contributed by atoms with E-state index in [-0.39, 0.29) is 54.5 Å². The zero-order valence-electron chi connectivity index (χ0n) is 15.6. The summed E-state index contributed by atoms with van der Waals surface area (Å²) in [6, 6.07) is 3.17. The van der Waals surface area contributed by atoms with Crippen LogP contribution in [0, 0.1) is 11.6 Å². The van der Waals surface area contributed by atoms with E-state index in [4.69, 9.17) is 4.42 Å². The van der Waals surface area contributed by atoms with Crippen molar-refractivity contribution in [3.05, 3.63) is 41.9 Å². The standard InChI is InChI=1S/C19H23F2N3O3/c1-4-24(11-17(25)23-12(2)3)19(26)8-7-18-22-10-16(27-18)14-6-5-13(20)9-15(14)21/h5-6,9-10,12H,4,7-8,11H2,1-3H3,(H,23,25). The number of carbonyl (C=O) groups excluding carboxylic acids is 2. The Morgan fingerprint density at radius 3 is 2.67 bits per heavy atom. The monoisotopic (exact) mass is 379 g/mol. The molecule has 0 unspecified atom stereocenters. The maximum absolute atomic E-state index is 13.8. The van der Waals surface area contributed by atoms with Gasteiger partial charge in [0, 0.05) is 31.5 Å². The lowest BCUT2D eigenvalue weighted by Crippen LogP contribution is -2.42. The number of amides is 2. The second kappa shape index (κ2) is 9.25. The van der Waals surface area contributed by atoms with E-state index in [0.717, 1.165) is 12.1 Å². The molecule has 27 heavy (non-hydrogen) atoms. The molecule has 0 aliphatic heterocycles. The fraction of sp³-hybridized carbons (Fsp3) is 0.421. The Labute approximate surface area is 156 Å². The van der Waals surface area contributed by atoms with Gasteiger partial charge in [-0.15, -0.1) is 0 Å². The highest BCUT2D eigenvalue weighted by Gasteiger charge is 2.18. The van der Waals surface area contributed by atoms with Gasteiger partial charge in [0.05, 0.1) is 18.3 Å². The van der Waals surface area contributed by atoms with Gasteiger partial charge in [-0.25, -0.2) is 13.8 Å². The first-order valence-electron chi connectivity index (χ1n) is 8.77. The van der Waals surface area contributed by atoms with Gasteiger partial charge in [-0.05, 0) is 32.9 Å². The molecule has 0 spiro atoms. The minimum Gasteiger partial charge on any atom is -0.441 e. The zero-order chi connectivity index (χ0) is 20.0. The highest BCUT2D eigenvalue weighted by atomic mass is 19.1. The van der Waals surface area contributed by atoms with Crippen molar-refractivity contribution in [3.8, 4) is 11.3 Å². The number of aromatic nitrogens is 1. The normalized spacial score (nSPS) is 10.9. The zero-order valence-corrected chi connectivity index (χ0v) is 15.6. The van der Waals surface area contributed by atoms with E-state index >= 15 is 0 Å². The molecular weight excluding hydrogens is 356 g/mol. The first kappa shape index (κ1) is 20.5. The highest BCUT2D eigenvalue weighted by molar-refractivity contribution is 5.84. The molecule has 0 radical (unpaired) electrons. The number of benzene rings is 1. The molecule has 8 heteroatoms. The summed E-state index contributed by atoms with van der Waals surface area (Å²) in [5.41, 5.74) is 0.0991. The first-order chi connectivity index (χ1) is 12.8. The fourth-order valence-corrected chi connectivity index (χ4v) is 2.53. The Morgan fingerprint density at radius 2 is 2.04 bits per heavy atom. The van der Waals surface area contributed by atoms with Gasteiger partial charge in [-0.1, -0.05) is 0 Å². The minimum absolute atomic E-state index is 0.00362. The average Bonchev–Trinajstić information content (AvgIpc) is 3.05. The summed E-state index contributed by atoms with van der Waals surface area (Å²) in [7, 11) is 0. The molecule has 146 valence electrons. The number of aryl methyl sites for hydroxylation is 1. The maximum atomic E-state index is 13.8. The molecule has 0 aliphatic carbocycles. The van der Waals surface area contributed by atoms with E-state index in [9.17, 15) is 18.4 Å². The average molecular weight is 379 g/mol. The molecule has 2 rings (SSSR count). The molecule has 6 nitrogen and oxygen atoms in total. The summed E-state index contributed by atoms with van der Waals surface area (Å²) in [4.78, 5) is 29.6. The van der Waals surface area contributed by atoms with Gasteiger partial charge in [0.2, 0.25) is 11.8 Å². The van der Waals surface area contributed by atoms with Crippen molar-refractivity contribution in [2.75, 3.05) is 13.1 Å². The number of hydrogen-bond acceptors (Lipinski definition) is 4. The topological polar surface area (TPSA) is 75.4 Å². The van der Waals surface area contributed by atoms with Crippen LogP contribution in [0.4, 0.5) is 8.78 Å². The lowest BCUT2D eigenvalue weighted by molar-refractivity contribution is -0.136. The summed E-state index contributed by atoms with van der Waals surface area (Å²) in [5, 5.41) is 2.74. The summed E-state index contributed by atoms with van der Waals surface area (Å²) < 4.78 is 32.3. The van der Waals surface area contributed by atoms with Gasteiger partial charge in [-0.3, -0.25) is 9.59 Å². The van der Waals surface area contributed by atoms with Gasteiger partial charge >= 0.3 is 0 Å². The Kier molecular flexibility index (Phi) is 7.04. The van der Waals surface area contributed by atoms with Gasteiger partial charge in [0.25, 0.3) is 0 Å². The molecule has 2 amide bonds. The van der Waals surface area contributed by atoms with Crippen LogP contribution in [0.15, 0.2) is 28.8 Å². The van der Waals surface area contributed by atoms with E-state index in [1.807, 2.05) is 13.8 Å². The Morgan fingerprint density at radius 1 is 1.30 bits per heavy atom. The van der Waals surface area contributed by atoms with Crippen LogP contribution in [0.5, 0.6) is 0 Å². The van der Waals surface area contributed by atoms with Crippen molar-refractivity contribution < 1.29 is 22.8 Å². The van der Waals surface area contributed by atoms with Crippen LogP contribution in [0.1, 0.15) is 33.1 Å². The quantitative estimate of drug-likeness (QED) is 0.765. The van der Waals surface area contributed by atoms with E-state index in [2.05, 4.69) is 10.3 Å². The summed E-state index contributed by atoms with van der Waals surface area (Å²) >= 11 is 0. The van der Waals surface area contributed by atoms with Crippen LogP contribution in [0.3, 0.4) is 0 Å². The van der Waals surface area contributed by atoms with Crippen molar-refractivity contribution in [3.63, 3.8) is 0 Å². The van der Waals surface area contributed by atoms with Crippen LogP contribution in [-0.4, -0.2) is 40.8 Å². The number of nitrogens with one attached hydrogen (secondary N) is 1. The first-order valence-corrected chi connectivity index (χ1v) is 8.77. The lowest BCUT2D eigenvalue weighted by atomic mass is 10.2. The van der Waals surface area contributed by atoms with Crippen LogP contribution < -0.4 is 5.32 Å². The number of halogens is 2. The number of hydrogen-bond donors (Lipinski definition) is 1. The summed E-state index contributed by atoms with van der Waals surface area (Å²) in [6.45, 7) is 5.88. The molecule has 0 aliphatic rings. The number of rotatable bonds is 8. The molecule has 0 bridgehead atoms. The van der Waals surface area contributed by atoms with Gasteiger partial charge in [0.1, 0.15) is 11.6 Å². The van der Waals surface area contributed by atoms with Crippen LogP contribution in [-0.2, 0) is 16.0 Å². The predicted molar refractivity (Wildman–Crippen MR) is 95.7 cm³/mol. The smallest absolute Gasteiger partial charge is 0.239 e. The Hall–Kier alpha value is -2.77. The van der Waals surface area contributed by atoms with Crippen molar-refractivity contribution in [1.29, 1.82) is 0 Å². The third kappa shape index (κ3) is 5.87. The number of likely N-dealkylation sites (N-methyl/N-ethyl adjacent to an activating group) is 1. The van der Waals surface area contributed by atoms with Crippen molar-refractivity contribution in [2.24, 2.45) is 0 Å². The molecule has 1 aromatic heterocycles. The van der Waals surface area contributed by atoms with Gasteiger partial charge < -0.3 is 14.6 Å². The van der Waals surface area contributed by atoms with Crippen LogP contribution in [0.25, 0.3) is 11.3 Å². The second-order valence-corrected chi connectivity index (χ2v) is 6.37. The molecule has 0 saturated carbocycles. The third-order valence-corrected chi connectivity index (χ3v) is 3.82. The van der Waals surface area contributed by atoms with Crippen molar-refractivity contribution >= 4 is 11.8 Å². The largest absolute Gasteiger partial charge is 0.441 e. The molecule has 2 aromatic rings. The summed E-state index contributed by atoms with van der Waals surface area (Å²) in [6.07, 6.45) is 1.66. The molecule has 1 N–H and O–H groups in total. The maximum Gasteiger partial charge on any atom is 0.239 e. The van der Waals surface area contributed by atoms with E-state index in [1.165, 1.54) is 17.2 Å². The fourth-order valence-electron chi connectivity index (χ4n) is 2.53. The SMILES string of the molecule is CCN(CC(=O)NC(C)C)C(=O)CCc1ncc(-c2ccc(F)cc2F)o1. The minimum atomic E-state index is -0.748. The molecule has 0 fully saturated rings. The highest BCUT2D eigenvalue weighted by Crippen LogP contribution is 2.24. The number of carbonyl (C=O) groups is 2. The number of nitrogens with zero attached hydrogens (tertiary/aromatic N) is 2. The number of oxazole rings is 1. The molecule has 0 atom stereocenters. The molecular formula is C19H23F2N3O3. The van der Waals surface area contributed by atoms with Gasteiger partial charge in [-0.2, -0.15) is 0 Å².